The second-order valence-corrected chi connectivity index (χ2v) is 6.93. The van der Waals surface area contributed by atoms with Gasteiger partial charge in [0, 0.05) is 0 Å². The van der Waals surface area contributed by atoms with E-state index < -0.39 is 24.4 Å². The van der Waals surface area contributed by atoms with Gasteiger partial charge in [0.05, 0.1) is 17.3 Å². The molecule has 2 aromatic carbocycles. The summed E-state index contributed by atoms with van der Waals surface area (Å²) in [4.78, 5) is 38.7. The fraction of sp³-hybridized carbons (Fsp3) is 0.318. The van der Waals surface area contributed by atoms with Crippen molar-refractivity contribution >= 4 is 29.2 Å². The first-order valence-corrected chi connectivity index (χ1v) is 9.42. The topological polar surface area (TPSA) is 75.7 Å². The molecular formula is C22H24N2O4. The summed E-state index contributed by atoms with van der Waals surface area (Å²) in [5.74, 6) is -1.49. The van der Waals surface area contributed by atoms with Crippen molar-refractivity contribution in [1.29, 1.82) is 0 Å². The normalized spacial score (nSPS) is 15.2. The molecule has 2 amide bonds. The molecule has 2 atom stereocenters. The van der Waals surface area contributed by atoms with Crippen LogP contribution in [-0.4, -0.2) is 30.9 Å². The van der Waals surface area contributed by atoms with Crippen LogP contribution in [0.4, 0.5) is 11.4 Å². The average molecular weight is 380 g/mol. The smallest absolute Gasteiger partial charge is 0.314 e. The van der Waals surface area contributed by atoms with E-state index in [4.69, 9.17) is 4.74 Å². The van der Waals surface area contributed by atoms with Crippen molar-refractivity contribution < 1.29 is 19.1 Å². The molecule has 0 radical (unpaired) electrons. The summed E-state index contributed by atoms with van der Waals surface area (Å²) in [6.45, 7) is 3.51. The van der Waals surface area contributed by atoms with Gasteiger partial charge in [-0.25, -0.2) is 0 Å². The molecule has 0 saturated heterocycles. The number of carbonyl (C=O) groups is 3. The van der Waals surface area contributed by atoms with E-state index in [0.717, 1.165) is 12.0 Å². The molecule has 0 aromatic heterocycles. The molecule has 146 valence electrons. The van der Waals surface area contributed by atoms with Gasteiger partial charge in [-0.15, -0.1) is 0 Å². The van der Waals surface area contributed by atoms with Crippen LogP contribution in [0.1, 0.15) is 31.7 Å². The first-order chi connectivity index (χ1) is 13.5. The molecule has 1 aliphatic heterocycles. The first-order valence-electron chi connectivity index (χ1n) is 9.42. The Morgan fingerprint density at radius 3 is 2.50 bits per heavy atom. The summed E-state index contributed by atoms with van der Waals surface area (Å²) in [6.07, 6.45) is 0.808. The van der Waals surface area contributed by atoms with Crippen LogP contribution in [0, 0.1) is 5.92 Å². The quantitative estimate of drug-likeness (QED) is 0.780. The maximum atomic E-state index is 12.8. The SMILES string of the molecule is CC[C@H](C)[C@@H](C(=O)OCC(=O)N1CC(=O)Nc2ccccc21)c1ccccc1. The molecule has 0 saturated carbocycles. The number of benzene rings is 2. The molecule has 0 bridgehead atoms. The minimum atomic E-state index is -0.434. The summed E-state index contributed by atoms with van der Waals surface area (Å²) >= 11 is 0. The Hall–Kier alpha value is -3.15. The fourth-order valence-electron chi connectivity index (χ4n) is 3.35. The zero-order chi connectivity index (χ0) is 20.1. The van der Waals surface area contributed by atoms with Crippen LogP contribution in [0.2, 0.25) is 0 Å². The maximum Gasteiger partial charge on any atom is 0.314 e. The lowest BCUT2D eigenvalue weighted by atomic mass is 9.86. The van der Waals surface area contributed by atoms with Gasteiger partial charge < -0.3 is 10.1 Å². The Kier molecular flexibility index (Phi) is 6.09. The lowest BCUT2D eigenvalue weighted by Gasteiger charge is -2.29. The number of carbonyl (C=O) groups excluding carboxylic acids is 3. The lowest BCUT2D eigenvalue weighted by molar-refractivity contribution is -0.150. The summed E-state index contributed by atoms with van der Waals surface area (Å²) in [5, 5.41) is 2.73. The summed E-state index contributed by atoms with van der Waals surface area (Å²) in [6, 6.07) is 16.5. The van der Waals surface area contributed by atoms with Gasteiger partial charge in [0.25, 0.3) is 5.91 Å². The van der Waals surface area contributed by atoms with Crippen molar-refractivity contribution in [3.63, 3.8) is 0 Å². The predicted molar refractivity (Wildman–Crippen MR) is 107 cm³/mol. The number of hydrogen-bond acceptors (Lipinski definition) is 4. The van der Waals surface area contributed by atoms with Crippen molar-refractivity contribution in [3.05, 3.63) is 60.2 Å². The van der Waals surface area contributed by atoms with Crippen LogP contribution < -0.4 is 10.2 Å². The molecule has 0 aliphatic carbocycles. The molecule has 28 heavy (non-hydrogen) atoms. The van der Waals surface area contributed by atoms with Crippen molar-refractivity contribution in [2.75, 3.05) is 23.4 Å². The van der Waals surface area contributed by atoms with Gasteiger partial charge in [-0.1, -0.05) is 62.7 Å². The number of esters is 1. The number of hydrogen-bond donors (Lipinski definition) is 1. The second-order valence-electron chi connectivity index (χ2n) is 6.93. The molecule has 1 aliphatic rings. The van der Waals surface area contributed by atoms with Gasteiger partial charge >= 0.3 is 5.97 Å². The highest BCUT2D eigenvalue weighted by Crippen LogP contribution is 2.30. The summed E-state index contributed by atoms with van der Waals surface area (Å²) < 4.78 is 5.38. The standard InChI is InChI=1S/C22H24N2O4/c1-3-15(2)21(16-9-5-4-6-10-16)22(27)28-14-20(26)24-13-19(25)23-17-11-7-8-12-18(17)24/h4-12,15,21H,3,13-14H2,1-2H3,(H,23,25)/t15-,21+/m0/s1. The highest BCUT2D eigenvalue weighted by Gasteiger charge is 2.30. The van der Waals surface area contributed by atoms with E-state index >= 15 is 0 Å². The fourth-order valence-corrected chi connectivity index (χ4v) is 3.35. The summed E-state index contributed by atoms with van der Waals surface area (Å²) in [5.41, 5.74) is 2.04. The molecule has 3 rings (SSSR count). The third kappa shape index (κ3) is 4.22. The van der Waals surface area contributed by atoms with Crippen LogP contribution >= 0.6 is 0 Å². The van der Waals surface area contributed by atoms with Crippen LogP contribution in [0.15, 0.2) is 54.6 Å². The average Bonchev–Trinajstić information content (AvgIpc) is 2.72. The van der Waals surface area contributed by atoms with Gasteiger partial charge in [-0.2, -0.15) is 0 Å². The Morgan fingerprint density at radius 2 is 1.79 bits per heavy atom. The van der Waals surface area contributed by atoms with Crippen molar-refractivity contribution in [2.24, 2.45) is 5.92 Å². The Morgan fingerprint density at radius 1 is 1.11 bits per heavy atom. The number of amides is 2. The van der Waals surface area contributed by atoms with Crippen molar-refractivity contribution in [1.82, 2.24) is 0 Å². The molecule has 1 N–H and O–H groups in total. The number of nitrogens with zero attached hydrogens (tertiary/aromatic N) is 1. The minimum Gasteiger partial charge on any atom is -0.455 e. The van der Waals surface area contributed by atoms with Crippen LogP contribution in [0.3, 0.4) is 0 Å². The number of anilines is 2. The van der Waals surface area contributed by atoms with Crippen molar-refractivity contribution in [3.8, 4) is 0 Å². The molecule has 6 nitrogen and oxygen atoms in total. The third-order valence-corrected chi connectivity index (χ3v) is 5.04. The van der Waals surface area contributed by atoms with Gasteiger partial charge in [-0.3, -0.25) is 19.3 Å². The van der Waals surface area contributed by atoms with Crippen molar-refractivity contribution in [2.45, 2.75) is 26.2 Å². The van der Waals surface area contributed by atoms with E-state index in [1.165, 1.54) is 4.90 Å². The zero-order valence-electron chi connectivity index (χ0n) is 16.1. The molecular weight excluding hydrogens is 356 g/mol. The molecule has 1 heterocycles. The predicted octanol–water partition coefficient (Wildman–Crippen LogP) is 3.34. The number of para-hydroxylation sites is 2. The van der Waals surface area contributed by atoms with E-state index in [2.05, 4.69) is 5.32 Å². The lowest BCUT2D eigenvalue weighted by Crippen LogP contribution is -2.44. The van der Waals surface area contributed by atoms with Gasteiger partial charge in [0.15, 0.2) is 6.61 Å². The second kappa shape index (κ2) is 8.69. The number of ether oxygens (including phenoxy) is 1. The van der Waals surface area contributed by atoms with Crippen LogP contribution in [0.25, 0.3) is 0 Å². The maximum absolute atomic E-state index is 12.8. The molecule has 0 unspecified atom stereocenters. The van der Waals surface area contributed by atoms with E-state index in [-0.39, 0.29) is 18.4 Å². The Balaban J connectivity index is 1.71. The Bertz CT molecular complexity index is 866. The molecule has 0 fully saturated rings. The Labute approximate surface area is 164 Å². The number of fused-ring (bicyclic) bond motifs is 1. The van der Waals surface area contributed by atoms with Gasteiger partial charge in [-0.05, 0) is 23.6 Å². The van der Waals surface area contributed by atoms with Crippen LogP contribution in [-0.2, 0) is 19.1 Å². The highest BCUT2D eigenvalue weighted by molar-refractivity contribution is 6.10. The van der Waals surface area contributed by atoms with Crippen LogP contribution in [0.5, 0.6) is 0 Å². The van der Waals surface area contributed by atoms with Gasteiger partial charge in [0.1, 0.15) is 6.54 Å². The molecule has 2 aromatic rings. The van der Waals surface area contributed by atoms with E-state index in [1.807, 2.05) is 44.2 Å². The van der Waals surface area contributed by atoms with Gasteiger partial charge in [0.2, 0.25) is 5.91 Å². The minimum absolute atomic E-state index is 0.0755. The largest absolute Gasteiger partial charge is 0.455 e. The van der Waals surface area contributed by atoms with E-state index in [9.17, 15) is 14.4 Å². The monoisotopic (exact) mass is 380 g/mol. The third-order valence-electron chi connectivity index (χ3n) is 5.04. The zero-order valence-corrected chi connectivity index (χ0v) is 16.1. The van der Waals surface area contributed by atoms with E-state index in [1.54, 1.807) is 24.3 Å². The van der Waals surface area contributed by atoms with E-state index in [0.29, 0.717) is 11.4 Å². The molecule has 0 spiro atoms. The molecule has 6 heteroatoms. The number of nitrogens with one attached hydrogen (secondary N) is 1. The number of rotatable bonds is 6. The summed E-state index contributed by atoms with van der Waals surface area (Å²) in [7, 11) is 0. The highest BCUT2D eigenvalue weighted by atomic mass is 16.5. The first kappa shape index (κ1) is 19.6.